The van der Waals surface area contributed by atoms with Crippen LogP contribution in [0.2, 0.25) is 0 Å². The van der Waals surface area contributed by atoms with Crippen molar-refractivity contribution in [1.29, 1.82) is 0 Å². The minimum Gasteiger partial charge on any atom is -0.0622 e. The maximum atomic E-state index is 4.98. The molecule has 0 bridgehead atoms. The van der Waals surface area contributed by atoms with Crippen LogP contribution in [0.25, 0.3) is 0 Å². The van der Waals surface area contributed by atoms with Gasteiger partial charge >= 0.3 is 49.6 Å². The van der Waals surface area contributed by atoms with Crippen LogP contribution in [-0.2, 0) is 11.5 Å². The second-order valence-corrected chi connectivity index (χ2v) is 27.6. The van der Waals surface area contributed by atoms with Gasteiger partial charge in [0.05, 0.1) is 0 Å². The normalized spacial score (nSPS) is 11.1. The predicted molar refractivity (Wildman–Crippen MR) is 194 cm³/mol. The summed E-state index contributed by atoms with van der Waals surface area (Å²) in [5.41, 5.74) is 0. The summed E-state index contributed by atoms with van der Waals surface area (Å²) in [4.78, 5) is 0. The molecule has 6 aromatic rings. The van der Waals surface area contributed by atoms with Gasteiger partial charge in [-0.05, 0) is 47.7 Å². The van der Waals surface area contributed by atoms with Crippen LogP contribution in [0.3, 0.4) is 0 Å². The van der Waals surface area contributed by atoms with Crippen LogP contribution in [0, 0.1) is 0 Å². The van der Waals surface area contributed by atoms with Crippen molar-refractivity contribution in [2.75, 3.05) is 0 Å². The van der Waals surface area contributed by atoms with Gasteiger partial charge in [-0.25, -0.2) is 0 Å². The summed E-state index contributed by atoms with van der Waals surface area (Å²) >= 11 is -2.81. The Morgan fingerprint density at radius 2 is 0.372 bits per heavy atom. The zero-order valence-electron chi connectivity index (χ0n) is 23.0. The third-order valence-corrected chi connectivity index (χ3v) is 11.0. The predicted octanol–water partition coefficient (Wildman–Crippen LogP) is 9.65. The first kappa shape index (κ1) is 33.9. The number of hydrogen-bond donors (Lipinski definition) is 0. The van der Waals surface area contributed by atoms with Crippen LogP contribution in [0.1, 0.15) is 0 Å². The molecule has 222 valence electrons. The smallest absolute Gasteiger partial charge is 0.0134 e. The minimum atomic E-state index is -2.81. The van der Waals surface area contributed by atoms with E-state index in [4.69, 9.17) is 38.1 Å². The van der Waals surface area contributed by atoms with E-state index in [1.54, 1.807) is 0 Å². The molecule has 0 aliphatic heterocycles. The summed E-state index contributed by atoms with van der Waals surface area (Å²) in [6, 6.07) is 64.7. The van der Waals surface area contributed by atoms with Crippen molar-refractivity contribution in [2.24, 2.45) is 0 Å². The Bertz CT molecular complexity index is 1280. The van der Waals surface area contributed by atoms with Crippen LogP contribution >= 0.6 is 54.0 Å². The molecule has 0 unspecified atom stereocenters. The van der Waals surface area contributed by atoms with Gasteiger partial charge in [0.2, 0.25) is 0 Å². The molecule has 0 saturated carbocycles. The van der Waals surface area contributed by atoms with E-state index in [-0.39, 0.29) is 0 Å². The molecule has 0 fully saturated rings. The van der Waals surface area contributed by atoms with Gasteiger partial charge in [0.25, 0.3) is 0 Å². The zero-order valence-corrected chi connectivity index (χ0v) is 29.4. The number of hydrogen-bond acceptors (Lipinski definition) is 0. The molecule has 43 heavy (non-hydrogen) atoms. The molecular formula is C36H30Cl4P2Pd. The fourth-order valence-corrected chi connectivity index (χ4v) is 8.97. The zero-order chi connectivity index (χ0) is 30.3. The summed E-state index contributed by atoms with van der Waals surface area (Å²) in [7, 11) is 19.0. The summed E-state index contributed by atoms with van der Waals surface area (Å²) in [5, 5.41) is 8.39. The molecule has 0 heterocycles. The molecular weight excluding hydrogens is 743 g/mol. The maximum Gasteiger partial charge on any atom is -0.0134 e. The van der Waals surface area contributed by atoms with Crippen molar-refractivity contribution in [1.82, 2.24) is 0 Å². The minimum absolute atomic E-state index is 0.446. The van der Waals surface area contributed by atoms with Crippen molar-refractivity contribution in [3.63, 3.8) is 0 Å². The van der Waals surface area contributed by atoms with E-state index in [0.29, 0.717) is 0 Å². The quantitative estimate of drug-likeness (QED) is 0.117. The Kier molecular flexibility index (Phi) is 14.3. The maximum absolute atomic E-state index is 4.98. The van der Waals surface area contributed by atoms with E-state index in [9.17, 15) is 0 Å². The van der Waals surface area contributed by atoms with Crippen LogP contribution in [0.4, 0.5) is 0 Å². The number of rotatable bonds is 6. The largest absolute Gasteiger partial charge is 0.0622 e. The summed E-state index contributed by atoms with van der Waals surface area (Å²) in [6.45, 7) is 0. The summed E-state index contributed by atoms with van der Waals surface area (Å²) < 4.78 is 0. The average molecular weight is 773 g/mol. The van der Waals surface area contributed by atoms with E-state index >= 15 is 0 Å². The van der Waals surface area contributed by atoms with E-state index in [1.165, 1.54) is 31.8 Å². The van der Waals surface area contributed by atoms with Gasteiger partial charge < -0.3 is 0 Å². The average Bonchev–Trinajstić information content (AvgIpc) is 3.04. The Morgan fingerprint density at radius 3 is 0.488 bits per heavy atom. The SMILES string of the molecule is [Cl][Pd]([Cl])([Cl])[Cl].c1ccc(P(c2ccccc2)c2ccccc2)cc1.c1ccc(P(c2ccccc2)c2ccccc2)cc1. The molecule has 0 saturated heterocycles. The van der Waals surface area contributed by atoms with Gasteiger partial charge in [0, 0.05) is 0 Å². The van der Waals surface area contributed by atoms with E-state index in [1.807, 2.05) is 0 Å². The van der Waals surface area contributed by atoms with Gasteiger partial charge in [0.15, 0.2) is 0 Å². The Hall–Kier alpha value is -2.00. The molecule has 6 aromatic carbocycles. The molecule has 0 N–H and O–H groups in total. The van der Waals surface area contributed by atoms with E-state index < -0.39 is 27.3 Å². The Labute approximate surface area is 277 Å². The van der Waals surface area contributed by atoms with Gasteiger partial charge in [-0.3, -0.25) is 0 Å². The Balaban J connectivity index is 0.000000171. The summed E-state index contributed by atoms with van der Waals surface area (Å²) in [5.74, 6) is 0. The van der Waals surface area contributed by atoms with Crippen molar-refractivity contribution in [3.05, 3.63) is 182 Å². The number of halogens is 4. The fraction of sp³-hybridized carbons (Fsp3) is 0. The Morgan fingerprint density at radius 1 is 0.256 bits per heavy atom. The van der Waals surface area contributed by atoms with E-state index in [2.05, 4.69) is 182 Å². The van der Waals surface area contributed by atoms with Crippen molar-refractivity contribution < 1.29 is 11.5 Å². The van der Waals surface area contributed by atoms with Gasteiger partial charge in [-0.2, -0.15) is 0 Å². The van der Waals surface area contributed by atoms with Crippen molar-refractivity contribution >= 4 is 85.8 Å². The number of benzene rings is 6. The van der Waals surface area contributed by atoms with Gasteiger partial charge in [0.1, 0.15) is 0 Å². The molecule has 0 aromatic heterocycles. The second kappa shape index (κ2) is 18.1. The third kappa shape index (κ3) is 11.8. The molecule has 0 spiro atoms. The first-order valence-electron chi connectivity index (χ1n) is 13.3. The molecule has 0 nitrogen and oxygen atoms in total. The molecule has 0 atom stereocenters. The first-order valence-corrected chi connectivity index (χ1v) is 24.0. The first-order chi connectivity index (χ1) is 20.9. The van der Waals surface area contributed by atoms with Crippen molar-refractivity contribution in [3.8, 4) is 0 Å². The van der Waals surface area contributed by atoms with Crippen LogP contribution in [-0.4, -0.2) is 0 Å². The van der Waals surface area contributed by atoms with E-state index in [0.717, 1.165) is 0 Å². The van der Waals surface area contributed by atoms with Crippen LogP contribution in [0.15, 0.2) is 182 Å². The van der Waals surface area contributed by atoms with Crippen molar-refractivity contribution in [2.45, 2.75) is 0 Å². The van der Waals surface area contributed by atoms with Crippen LogP contribution < -0.4 is 31.8 Å². The summed E-state index contributed by atoms with van der Waals surface area (Å²) in [6.07, 6.45) is 0. The monoisotopic (exact) mass is 770 g/mol. The topological polar surface area (TPSA) is 0 Å². The molecule has 0 radical (unpaired) electrons. The molecule has 0 amide bonds. The standard InChI is InChI=1S/2C18H15P.4ClH.Pd/c2*1-4-10-16(11-5-1)19(17-12-6-2-7-13-17)18-14-8-3-9-15-18;;;;;/h2*1-15H;4*1H;/q;;;;;;+4/p-4. The van der Waals surface area contributed by atoms with Gasteiger partial charge in [-0.15, -0.1) is 0 Å². The molecule has 0 aliphatic rings. The second-order valence-electron chi connectivity index (χ2n) is 8.96. The third-order valence-electron chi connectivity index (χ3n) is 6.09. The van der Waals surface area contributed by atoms with Gasteiger partial charge in [-0.1, -0.05) is 182 Å². The molecule has 7 heteroatoms. The fourth-order valence-electron chi connectivity index (χ4n) is 4.36. The molecule has 0 aliphatic carbocycles. The molecule has 6 rings (SSSR count). The van der Waals surface area contributed by atoms with Crippen LogP contribution in [0.5, 0.6) is 0 Å².